The Kier molecular flexibility index (Phi) is 6.19. The van der Waals surface area contributed by atoms with Crippen molar-refractivity contribution in [3.8, 4) is 0 Å². The van der Waals surface area contributed by atoms with E-state index in [0.29, 0.717) is 17.8 Å². The Balaban J connectivity index is 1.63. The second-order valence-electron chi connectivity index (χ2n) is 7.13. The van der Waals surface area contributed by atoms with Crippen LogP contribution in [0.4, 0.5) is 0 Å². The molecule has 1 saturated carbocycles. The van der Waals surface area contributed by atoms with Crippen molar-refractivity contribution >= 4 is 17.7 Å². The Morgan fingerprint density at radius 1 is 1.12 bits per heavy atom. The molecule has 1 unspecified atom stereocenters. The zero-order valence-electron chi connectivity index (χ0n) is 15.0. The summed E-state index contributed by atoms with van der Waals surface area (Å²) in [6.45, 7) is 5.14. The summed E-state index contributed by atoms with van der Waals surface area (Å²) in [5, 5.41) is 9.56. The van der Waals surface area contributed by atoms with Crippen LogP contribution < -0.4 is 0 Å². The van der Waals surface area contributed by atoms with E-state index in [2.05, 4.69) is 26.6 Å². The summed E-state index contributed by atoms with van der Waals surface area (Å²) in [4.78, 5) is 14.8. The molecule has 0 N–H and O–H groups in total. The fourth-order valence-corrected chi connectivity index (χ4v) is 5.11. The van der Waals surface area contributed by atoms with Crippen molar-refractivity contribution in [2.45, 2.75) is 88.9 Å². The molecule has 1 aromatic rings. The average Bonchev–Trinajstić information content (AvgIpc) is 3.01. The van der Waals surface area contributed by atoms with E-state index in [-0.39, 0.29) is 5.91 Å². The normalized spacial score (nSPS) is 22.8. The van der Waals surface area contributed by atoms with Crippen LogP contribution in [0.15, 0.2) is 5.16 Å². The summed E-state index contributed by atoms with van der Waals surface area (Å²) in [7, 11) is 0. The predicted molar refractivity (Wildman–Crippen MR) is 97.2 cm³/mol. The van der Waals surface area contributed by atoms with Crippen LogP contribution in [0.5, 0.6) is 0 Å². The molecule has 6 heteroatoms. The summed E-state index contributed by atoms with van der Waals surface area (Å²) in [5.74, 6) is 1.74. The Hall–Kier alpha value is -1.04. The van der Waals surface area contributed by atoms with Crippen LogP contribution in [0.2, 0.25) is 0 Å². The van der Waals surface area contributed by atoms with Gasteiger partial charge < -0.3 is 9.47 Å². The largest absolute Gasteiger partial charge is 0.339 e. The molecule has 134 valence electrons. The van der Waals surface area contributed by atoms with Crippen molar-refractivity contribution in [2.75, 3.05) is 12.3 Å². The average molecular weight is 351 g/mol. The molecule has 0 bridgehead atoms. The van der Waals surface area contributed by atoms with Crippen LogP contribution in [0, 0.1) is 6.92 Å². The van der Waals surface area contributed by atoms with Crippen molar-refractivity contribution in [3.63, 3.8) is 0 Å². The van der Waals surface area contributed by atoms with Gasteiger partial charge in [-0.1, -0.05) is 37.9 Å². The predicted octanol–water partition coefficient (Wildman–Crippen LogP) is 3.97. The summed E-state index contributed by atoms with van der Waals surface area (Å²) >= 11 is 1.57. The number of hydrogen-bond acceptors (Lipinski definition) is 4. The van der Waals surface area contributed by atoms with E-state index in [1.165, 1.54) is 38.5 Å². The summed E-state index contributed by atoms with van der Waals surface area (Å²) in [6.07, 6.45) is 11.0. The molecule has 5 nitrogen and oxygen atoms in total. The molecule has 2 fully saturated rings. The number of carbonyl (C=O) groups is 1. The molecular weight excluding hydrogens is 320 g/mol. The molecule has 0 radical (unpaired) electrons. The summed E-state index contributed by atoms with van der Waals surface area (Å²) in [6, 6.07) is 0.953. The van der Waals surface area contributed by atoms with Crippen LogP contribution in [0.1, 0.15) is 76.6 Å². The maximum absolute atomic E-state index is 12.7. The van der Waals surface area contributed by atoms with Crippen molar-refractivity contribution in [2.24, 2.45) is 0 Å². The maximum Gasteiger partial charge on any atom is 0.233 e. The third kappa shape index (κ3) is 3.95. The van der Waals surface area contributed by atoms with Gasteiger partial charge in [-0.2, -0.15) is 0 Å². The number of amides is 1. The molecular formula is C18H30N4OS. The Morgan fingerprint density at radius 2 is 1.88 bits per heavy atom. The van der Waals surface area contributed by atoms with E-state index < -0.39 is 0 Å². The highest BCUT2D eigenvalue weighted by atomic mass is 32.2. The van der Waals surface area contributed by atoms with Crippen molar-refractivity contribution in [3.05, 3.63) is 5.82 Å². The molecule has 3 rings (SSSR count). The van der Waals surface area contributed by atoms with Gasteiger partial charge in [-0.15, -0.1) is 10.2 Å². The van der Waals surface area contributed by atoms with Gasteiger partial charge in [0, 0.05) is 18.6 Å². The van der Waals surface area contributed by atoms with Gasteiger partial charge in [0.25, 0.3) is 0 Å². The summed E-state index contributed by atoms with van der Waals surface area (Å²) < 4.78 is 2.28. The number of aryl methyl sites for hydroxylation is 1. The number of aromatic nitrogens is 3. The number of thioether (sulfide) groups is 1. The molecule has 1 saturated heterocycles. The third-order valence-corrected chi connectivity index (χ3v) is 6.45. The van der Waals surface area contributed by atoms with Gasteiger partial charge in [0.2, 0.25) is 5.91 Å². The Labute approximate surface area is 149 Å². The molecule has 24 heavy (non-hydrogen) atoms. The standard InChI is InChI=1S/C18H30N4OS/c1-3-15-9-7-8-12-21(15)17(23)13-24-18-20-19-14(2)22(18)16-10-5-4-6-11-16/h15-16H,3-13H2,1-2H3. The van der Waals surface area contributed by atoms with Gasteiger partial charge in [0.1, 0.15) is 5.82 Å². The number of rotatable bonds is 5. The lowest BCUT2D eigenvalue weighted by Crippen LogP contribution is -2.44. The molecule has 0 spiro atoms. The third-order valence-electron chi connectivity index (χ3n) is 5.52. The first kappa shape index (κ1) is 17.8. The molecule has 2 heterocycles. The minimum Gasteiger partial charge on any atom is -0.339 e. The van der Waals surface area contributed by atoms with Gasteiger partial charge in [-0.05, 0) is 45.4 Å². The van der Waals surface area contributed by atoms with Crippen molar-refractivity contribution < 1.29 is 4.79 Å². The summed E-state index contributed by atoms with van der Waals surface area (Å²) in [5.41, 5.74) is 0. The minimum atomic E-state index is 0.266. The molecule has 1 aliphatic carbocycles. The Morgan fingerprint density at radius 3 is 2.62 bits per heavy atom. The number of carbonyl (C=O) groups excluding carboxylic acids is 1. The molecule has 1 atom stereocenters. The van der Waals surface area contributed by atoms with Crippen LogP contribution in [-0.4, -0.2) is 43.9 Å². The van der Waals surface area contributed by atoms with E-state index >= 15 is 0 Å². The first-order chi connectivity index (χ1) is 11.7. The van der Waals surface area contributed by atoms with Gasteiger partial charge in [-0.3, -0.25) is 4.79 Å². The van der Waals surface area contributed by atoms with Gasteiger partial charge >= 0.3 is 0 Å². The van der Waals surface area contributed by atoms with E-state index in [0.717, 1.165) is 36.8 Å². The zero-order valence-corrected chi connectivity index (χ0v) is 15.9. The van der Waals surface area contributed by atoms with Gasteiger partial charge in [0.05, 0.1) is 5.75 Å². The van der Waals surface area contributed by atoms with Gasteiger partial charge in [-0.25, -0.2) is 0 Å². The van der Waals surface area contributed by atoms with Crippen LogP contribution in [0.3, 0.4) is 0 Å². The van der Waals surface area contributed by atoms with Crippen molar-refractivity contribution in [1.29, 1.82) is 0 Å². The highest BCUT2D eigenvalue weighted by Gasteiger charge is 2.26. The van der Waals surface area contributed by atoms with E-state index in [1.807, 2.05) is 6.92 Å². The monoisotopic (exact) mass is 350 g/mol. The highest BCUT2D eigenvalue weighted by Crippen LogP contribution is 2.32. The lowest BCUT2D eigenvalue weighted by molar-refractivity contribution is -0.132. The van der Waals surface area contributed by atoms with E-state index in [9.17, 15) is 4.79 Å². The second kappa shape index (κ2) is 8.37. The minimum absolute atomic E-state index is 0.266. The van der Waals surface area contributed by atoms with Crippen LogP contribution in [0.25, 0.3) is 0 Å². The highest BCUT2D eigenvalue weighted by molar-refractivity contribution is 7.99. The van der Waals surface area contributed by atoms with E-state index in [4.69, 9.17) is 0 Å². The van der Waals surface area contributed by atoms with Crippen LogP contribution >= 0.6 is 11.8 Å². The Bertz CT molecular complexity index is 553. The first-order valence-corrected chi connectivity index (χ1v) is 10.5. The number of hydrogen-bond donors (Lipinski definition) is 0. The van der Waals surface area contributed by atoms with Crippen LogP contribution in [-0.2, 0) is 4.79 Å². The first-order valence-electron chi connectivity index (χ1n) is 9.54. The quantitative estimate of drug-likeness (QED) is 0.754. The fourth-order valence-electron chi connectivity index (χ4n) is 4.17. The SMILES string of the molecule is CCC1CCCCN1C(=O)CSc1nnc(C)n1C1CCCCC1. The molecule has 1 aromatic heterocycles. The molecule has 1 aliphatic heterocycles. The van der Waals surface area contributed by atoms with Crippen molar-refractivity contribution in [1.82, 2.24) is 19.7 Å². The maximum atomic E-state index is 12.7. The molecule has 0 aromatic carbocycles. The topological polar surface area (TPSA) is 51.0 Å². The smallest absolute Gasteiger partial charge is 0.233 e. The molecule has 2 aliphatic rings. The zero-order chi connectivity index (χ0) is 16.9. The fraction of sp³-hybridized carbons (Fsp3) is 0.833. The number of nitrogens with zero attached hydrogens (tertiary/aromatic N) is 4. The van der Waals surface area contributed by atoms with E-state index in [1.54, 1.807) is 11.8 Å². The lowest BCUT2D eigenvalue weighted by Gasteiger charge is -2.35. The molecule has 1 amide bonds. The number of likely N-dealkylation sites (tertiary alicyclic amines) is 1. The lowest BCUT2D eigenvalue weighted by atomic mass is 9.95. The number of piperidine rings is 1. The van der Waals surface area contributed by atoms with Gasteiger partial charge in [0.15, 0.2) is 5.16 Å². The second-order valence-corrected chi connectivity index (χ2v) is 8.07.